The standard InChI is InChI=1S/C16H24N2/c1-18-11-3-2-4-15(17)16(18)14-9-7-13(8-10-14)12-5-6-12/h7-10,12,15-16H,2-6,11,17H2,1H3. The first kappa shape index (κ1) is 12.2. The van der Waals surface area contributed by atoms with Crippen molar-refractivity contribution < 1.29 is 0 Å². The first-order valence-corrected chi connectivity index (χ1v) is 7.31. The molecule has 0 aromatic heterocycles. The number of benzene rings is 1. The molecule has 2 heteroatoms. The van der Waals surface area contributed by atoms with Crippen LogP contribution in [0.5, 0.6) is 0 Å². The Hall–Kier alpha value is -0.860. The third-order valence-corrected chi connectivity index (χ3v) is 4.51. The van der Waals surface area contributed by atoms with Gasteiger partial charge in [-0.25, -0.2) is 0 Å². The Morgan fingerprint density at radius 2 is 1.67 bits per heavy atom. The molecule has 1 saturated heterocycles. The van der Waals surface area contributed by atoms with Gasteiger partial charge in [0.1, 0.15) is 0 Å². The van der Waals surface area contributed by atoms with Crippen LogP contribution in [0.15, 0.2) is 24.3 Å². The fraction of sp³-hybridized carbons (Fsp3) is 0.625. The van der Waals surface area contributed by atoms with Gasteiger partial charge < -0.3 is 5.73 Å². The minimum Gasteiger partial charge on any atom is -0.326 e. The summed E-state index contributed by atoms with van der Waals surface area (Å²) in [6.45, 7) is 1.17. The van der Waals surface area contributed by atoms with Crippen LogP contribution in [0.4, 0.5) is 0 Å². The van der Waals surface area contributed by atoms with Crippen molar-refractivity contribution in [1.82, 2.24) is 4.90 Å². The molecule has 0 radical (unpaired) electrons. The van der Waals surface area contributed by atoms with Gasteiger partial charge in [-0.1, -0.05) is 30.7 Å². The zero-order valence-corrected chi connectivity index (χ0v) is 11.3. The third-order valence-electron chi connectivity index (χ3n) is 4.51. The van der Waals surface area contributed by atoms with Gasteiger partial charge in [0.25, 0.3) is 0 Å². The molecule has 2 fully saturated rings. The van der Waals surface area contributed by atoms with Crippen molar-refractivity contribution in [2.45, 2.75) is 50.1 Å². The first-order valence-electron chi connectivity index (χ1n) is 7.31. The summed E-state index contributed by atoms with van der Waals surface area (Å²) in [5.41, 5.74) is 9.29. The average Bonchev–Trinajstić information content (AvgIpc) is 3.19. The van der Waals surface area contributed by atoms with Gasteiger partial charge in [0, 0.05) is 12.1 Å². The number of rotatable bonds is 2. The van der Waals surface area contributed by atoms with Crippen LogP contribution in [-0.2, 0) is 0 Å². The average molecular weight is 244 g/mol. The molecule has 2 atom stereocenters. The Bertz CT molecular complexity index is 382. The highest BCUT2D eigenvalue weighted by Crippen LogP contribution is 2.40. The largest absolute Gasteiger partial charge is 0.326 e. The number of hydrogen-bond donors (Lipinski definition) is 1. The molecule has 1 aromatic rings. The lowest BCUT2D eigenvalue weighted by atomic mass is 9.95. The van der Waals surface area contributed by atoms with Crippen LogP contribution in [0, 0.1) is 0 Å². The number of likely N-dealkylation sites (N-methyl/N-ethyl adjacent to an activating group) is 1. The van der Waals surface area contributed by atoms with Crippen LogP contribution in [-0.4, -0.2) is 24.5 Å². The lowest BCUT2D eigenvalue weighted by Crippen LogP contribution is -2.37. The van der Waals surface area contributed by atoms with E-state index in [2.05, 4.69) is 36.2 Å². The third kappa shape index (κ3) is 2.45. The fourth-order valence-electron chi connectivity index (χ4n) is 3.25. The molecule has 3 rings (SSSR count). The fourth-order valence-corrected chi connectivity index (χ4v) is 3.25. The summed E-state index contributed by atoms with van der Waals surface area (Å²) in [5, 5.41) is 0. The highest BCUT2D eigenvalue weighted by Gasteiger charge is 2.27. The van der Waals surface area contributed by atoms with Gasteiger partial charge in [0.2, 0.25) is 0 Å². The zero-order valence-electron chi connectivity index (χ0n) is 11.3. The van der Waals surface area contributed by atoms with Gasteiger partial charge in [0.15, 0.2) is 0 Å². The molecule has 1 aliphatic heterocycles. The van der Waals surface area contributed by atoms with Crippen molar-refractivity contribution >= 4 is 0 Å². The molecular formula is C16H24N2. The summed E-state index contributed by atoms with van der Waals surface area (Å²) in [5.74, 6) is 0.847. The van der Waals surface area contributed by atoms with Gasteiger partial charge in [-0.15, -0.1) is 0 Å². The van der Waals surface area contributed by atoms with E-state index in [0.29, 0.717) is 6.04 Å². The maximum atomic E-state index is 6.37. The second kappa shape index (κ2) is 5.02. The highest BCUT2D eigenvalue weighted by atomic mass is 15.1. The minimum atomic E-state index is 0.282. The van der Waals surface area contributed by atoms with Crippen LogP contribution in [0.1, 0.15) is 55.2 Å². The predicted octanol–water partition coefficient (Wildman–Crippen LogP) is 3.05. The molecule has 0 bridgehead atoms. The molecule has 0 spiro atoms. The van der Waals surface area contributed by atoms with E-state index in [4.69, 9.17) is 5.73 Å². The number of nitrogens with zero attached hydrogens (tertiary/aromatic N) is 1. The van der Waals surface area contributed by atoms with E-state index in [0.717, 1.165) is 12.3 Å². The monoisotopic (exact) mass is 244 g/mol. The summed E-state index contributed by atoms with van der Waals surface area (Å²) >= 11 is 0. The Labute approximate surface area is 110 Å². The molecule has 18 heavy (non-hydrogen) atoms. The van der Waals surface area contributed by atoms with E-state index in [1.54, 1.807) is 0 Å². The van der Waals surface area contributed by atoms with Gasteiger partial charge in [-0.3, -0.25) is 4.90 Å². The number of hydrogen-bond acceptors (Lipinski definition) is 2. The van der Waals surface area contributed by atoms with Crippen LogP contribution in [0.2, 0.25) is 0 Å². The SMILES string of the molecule is CN1CCCCC(N)C1c1ccc(C2CC2)cc1. The maximum Gasteiger partial charge on any atom is 0.0496 e. The van der Waals surface area contributed by atoms with E-state index in [1.807, 2.05) is 0 Å². The molecule has 1 heterocycles. The van der Waals surface area contributed by atoms with E-state index in [9.17, 15) is 0 Å². The summed E-state index contributed by atoms with van der Waals surface area (Å²) < 4.78 is 0. The van der Waals surface area contributed by atoms with Crippen molar-refractivity contribution in [2.75, 3.05) is 13.6 Å². The van der Waals surface area contributed by atoms with Crippen molar-refractivity contribution in [3.8, 4) is 0 Å². The molecular weight excluding hydrogens is 220 g/mol. The van der Waals surface area contributed by atoms with Gasteiger partial charge in [-0.05, 0) is 56.3 Å². The quantitative estimate of drug-likeness (QED) is 0.866. The maximum absolute atomic E-state index is 6.37. The van der Waals surface area contributed by atoms with Crippen LogP contribution in [0.3, 0.4) is 0 Å². The second-order valence-corrected chi connectivity index (χ2v) is 6.03. The molecule has 0 amide bonds. The van der Waals surface area contributed by atoms with E-state index >= 15 is 0 Å². The topological polar surface area (TPSA) is 29.3 Å². The van der Waals surface area contributed by atoms with E-state index in [-0.39, 0.29) is 6.04 Å². The molecule has 1 saturated carbocycles. The van der Waals surface area contributed by atoms with Crippen LogP contribution >= 0.6 is 0 Å². The van der Waals surface area contributed by atoms with Crippen molar-refractivity contribution in [3.63, 3.8) is 0 Å². The zero-order chi connectivity index (χ0) is 12.5. The highest BCUT2D eigenvalue weighted by molar-refractivity contribution is 5.30. The Morgan fingerprint density at radius 1 is 1.00 bits per heavy atom. The molecule has 2 aliphatic rings. The van der Waals surface area contributed by atoms with Crippen molar-refractivity contribution in [2.24, 2.45) is 5.73 Å². The molecule has 2 unspecified atom stereocenters. The van der Waals surface area contributed by atoms with E-state index < -0.39 is 0 Å². The van der Waals surface area contributed by atoms with Gasteiger partial charge in [0.05, 0.1) is 0 Å². The summed E-state index contributed by atoms with van der Waals surface area (Å²) in [7, 11) is 2.21. The first-order chi connectivity index (χ1) is 8.75. The van der Waals surface area contributed by atoms with Crippen LogP contribution < -0.4 is 5.73 Å². The number of nitrogens with two attached hydrogens (primary N) is 1. The molecule has 2 nitrogen and oxygen atoms in total. The predicted molar refractivity (Wildman–Crippen MR) is 75.6 cm³/mol. The minimum absolute atomic E-state index is 0.282. The molecule has 1 aromatic carbocycles. The lowest BCUT2D eigenvalue weighted by Gasteiger charge is -2.30. The van der Waals surface area contributed by atoms with E-state index in [1.165, 1.54) is 43.4 Å². The van der Waals surface area contributed by atoms with Crippen LogP contribution in [0.25, 0.3) is 0 Å². The summed E-state index contributed by atoms with van der Waals surface area (Å²) in [6.07, 6.45) is 6.45. The number of likely N-dealkylation sites (tertiary alicyclic amines) is 1. The summed E-state index contributed by atoms with van der Waals surface area (Å²) in [6, 6.07) is 9.93. The lowest BCUT2D eigenvalue weighted by molar-refractivity contribution is 0.230. The normalized spacial score (nSPS) is 30.1. The van der Waals surface area contributed by atoms with Gasteiger partial charge in [-0.2, -0.15) is 0 Å². The molecule has 1 aliphatic carbocycles. The van der Waals surface area contributed by atoms with Gasteiger partial charge >= 0.3 is 0 Å². The Morgan fingerprint density at radius 3 is 2.33 bits per heavy atom. The summed E-state index contributed by atoms with van der Waals surface area (Å²) in [4.78, 5) is 2.43. The smallest absolute Gasteiger partial charge is 0.0496 e. The molecule has 2 N–H and O–H groups in total. The Kier molecular flexibility index (Phi) is 3.40. The Balaban J connectivity index is 1.81. The van der Waals surface area contributed by atoms with Crippen molar-refractivity contribution in [3.05, 3.63) is 35.4 Å². The molecule has 98 valence electrons. The second-order valence-electron chi connectivity index (χ2n) is 6.03. The van der Waals surface area contributed by atoms with Crippen molar-refractivity contribution in [1.29, 1.82) is 0 Å².